The molecule has 0 amide bonds. The van der Waals surface area contributed by atoms with Gasteiger partial charge in [-0.15, -0.1) is 5.10 Å². The van der Waals surface area contributed by atoms with Gasteiger partial charge in [-0.2, -0.15) is 0 Å². The molecular weight excluding hydrogens is 278 g/mol. The molecule has 0 fully saturated rings. The van der Waals surface area contributed by atoms with E-state index in [4.69, 9.17) is 4.74 Å². The van der Waals surface area contributed by atoms with Crippen LogP contribution in [0.5, 0.6) is 5.75 Å². The van der Waals surface area contributed by atoms with E-state index in [1.165, 1.54) is 6.08 Å². The number of para-hydroxylation sites is 1. The lowest BCUT2D eigenvalue weighted by Crippen LogP contribution is -1.98. The van der Waals surface area contributed by atoms with Gasteiger partial charge in [0.15, 0.2) is 0 Å². The third kappa shape index (κ3) is 3.39. The summed E-state index contributed by atoms with van der Waals surface area (Å²) in [7, 11) is 1.54. The van der Waals surface area contributed by atoms with Gasteiger partial charge in [0.1, 0.15) is 16.5 Å². The van der Waals surface area contributed by atoms with Crippen molar-refractivity contribution >= 4 is 23.8 Å². The maximum Gasteiger partial charge on any atom is 0.342 e. The first-order chi connectivity index (χ1) is 9.60. The van der Waals surface area contributed by atoms with Gasteiger partial charge in [0, 0.05) is 5.56 Å². The zero-order valence-electron chi connectivity index (χ0n) is 11.0. The van der Waals surface area contributed by atoms with Crippen LogP contribution in [0, 0.1) is 6.92 Å². The minimum Gasteiger partial charge on any atom is -0.496 e. The second-order valence-electron chi connectivity index (χ2n) is 3.86. The summed E-state index contributed by atoms with van der Waals surface area (Å²) in [6.45, 7) is 1.75. The van der Waals surface area contributed by atoms with Crippen molar-refractivity contribution in [2.24, 2.45) is 0 Å². The van der Waals surface area contributed by atoms with E-state index in [0.717, 1.165) is 11.8 Å². The number of thioether (sulfide) groups is 1. The molecule has 0 unspecified atom stereocenters. The molecule has 2 N–H and O–H groups in total. The Balaban J connectivity index is 2.32. The van der Waals surface area contributed by atoms with Gasteiger partial charge in [-0.25, -0.2) is 9.78 Å². The van der Waals surface area contributed by atoms with Gasteiger partial charge in [-0.3, -0.25) is 5.10 Å². The van der Waals surface area contributed by atoms with Crippen molar-refractivity contribution in [1.29, 1.82) is 0 Å². The van der Waals surface area contributed by atoms with Gasteiger partial charge in [0.2, 0.25) is 5.16 Å². The van der Waals surface area contributed by atoms with Crippen LogP contribution < -0.4 is 4.74 Å². The summed E-state index contributed by atoms with van der Waals surface area (Å²) < 4.78 is 5.20. The second kappa shape index (κ2) is 6.25. The van der Waals surface area contributed by atoms with Gasteiger partial charge in [0.25, 0.3) is 0 Å². The maximum atomic E-state index is 11.3. The summed E-state index contributed by atoms with van der Waals surface area (Å²) in [6.07, 6.45) is 1.54. The molecule has 0 aliphatic rings. The number of carbonyl (C=O) groups is 1. The molecule has 20 heavy (non-hydrogen) atoms. The number of carboxylic acid groups (broad SMARTS) is 1. The molecule has 7 heteroatoms. The van der Waals surface area contributed by atoms with Crippen LogP contribution >= 0.6 is 11.8 Å². The molecular formula is C13H13N3O3S. The topological polar surface area (TPSA) is 88.1 Å². The summed E-state index contributed by atoms with van der Waals surface area (Å²) >= 11 is 0.984. The normalized spacial score (nSPS) is 11.4. The van der Waals surface area contributed by atoms with E-state index in [2.05, 4.69) is 15.2 Å². The molecule has 0 spiro atoms. The zero-order chi connectivity index (χ0) is 14.5. The van der Waals surface area contributed by atoms with Crippen LogP contribution in [0.25, 0.3) is 6.08 Å². The van der Waals surface area contributed by atoms with Gasteiger partial charge < -0.3 is 9.84 Å². The Kier molecular flexibility index (Phi) is 4.41. The summed E-state index contributed by atoms with van der Waals surface area (Å²) in [4.78, 5) is 15.5. The van der Waals surface area contributed by atoms with Crippen LogP contribution in [0.3, 0.4) is 0 Å². The standard InChI is InChI=1S/C13H13N3O3S/c1-8-14-13(16-15-8)20-11(12(17)18)7-9-5-3-4-6-10(9)19-2/h3-7H,1-2H3,(H,17,18)(H,14,15,16)/b11-7+. The van der Waals surface area contributed by atoms with Crippen LogP contribution in [0.4, 0.5) is 0 Å². The average Bonchev–Trinajstić information content (AvgIpc) is 2.84. The number of rotatable bonds is 5. The summed E-state index contributed by atoms with van der Waals surface area (Å²) in [5.74, 6) is 0.205. The highest BCUT2D eigenvalue weighted by Crippen LogP contribution is 2.28. The van der Waals surface area contributed by atoms with E-state index in [-0.39, 0.29) is 4.91 Å². The molecule has 0 aliphatic heterocycles. The zero-order valence-corrected chi connectivity index (χ0v) is 11.8. The predicted molar refractivity (Wildman–Crippen MR) is 75.6 cm³/mol. The number of methoxy groups -OCH3 is 1. The summed E-state index contributed by atoms with van der Waals surface area (Å²) in [5.41, 5.74) is 0.687. The second-order valence-corrected chi connectivity index (χ2v) is 4.87. The Morgan fingerprint density at radius 1 is 1.45 bits per heavy atom. The fourth-order valence-electron chi connectivity index (χ4n) is 1.53. The maximum absolute atomic E-state index is 11.3. The van der Waals surface area contributed by atoms with E-state index < -0.39 is 5.97 Å². The number of carboxylic acids is 1. The Hall–Kier alpha value is -2.28. The van der Waals surface area contributed by atoms with Gasteiger partial charge in [0.05, 0.1) is 7.11 Å². The third-order valence-electron chi connectivity index (χ3n) is 2.41. The lowest BCUT2D eigenvalue weighted by Gasteiger charge is -2.05. The fraction of sp³-hybridized carbons (Fsp3) is 0.154. The molecule has 2 aromatic rings. The molecule has 104 valence electrons. The first kappa shape index (κ1) is 14.1. The number of hydrogen-bond acceptors (Lipinski definition) is 5. The number of aryl methyl sites for hydroxylation is 1. The fourth-order valence-corrected chi connectivity index (χ4v) is 2.27. The molecule has 0 saturated carbocycles. The SMILES string of the molecule is COc1ccccc1/C=C(/Sc1n[nH]c(C)n1)C(=O)O. The lowest BCUT2D eigenvalue weighted by atomic mass is 10.2. The van der Waals surface area contributed by atoms with E-state index in [0.29, 0.717) is 22.3 Å². The lowest BCUT2D eigenvalue weighted by molar-refractivity contribution is -0.131. The number of benzene rings is 1. The van der Waals surface area contributed by atoms with Gasteiger partial charge in [-0.1, -0.05) is 18.2 Å². The number of ether oxygens (including phenoxy) is 1. The van der Waals surface area contributed by atoms with Crippen molar-refractivity contribution in [3.63, 3.8) is 0 Å². The molecule has 1 aromatic heterocycles. The Labute approximate surface area is 119 Å². The minimum atomic E-state index is -1.04. The number of nitrogens with zero attached hydrogens (tertiary/aromatic N) is 2. The number of H-pyrrole nitrogens is 1. The van der Waals surface area contributed by atoms with Crippen LogP contribution in [0.15, 0.2) is 34.3 Å². The number of nitrogens with one attached hydrogen (secondary N) is 1. The van der Waals surface area contributed by atoms with Crippen molar-refractivity contribution in [1.82, 2.24) is 15.2 Å². The van der Waals surface area contributed by atoms with E-state index in [9.17, 15) is 9.90 Å². The first-order valence-electron chi connectivity index (χ1n) is 5.75. The van der Waals surface area contributed by atoms with Crippen molar-refractivity contribution < 1.29 is 14.6 Å². The van der Waals surface area contributed by atoms with Crippen LogP contribution in [0.1, 0.15) is 11.4 Å². The molecule has 1 heterocycles. The van der Waals surface area contributed by atoms with Gasteiger partial charge in [-0.05, 0) is 30.8 Å². The van der Waals surface area contributed by atoms with Crippen LogP contribution in [-0.2, 0) is 4.79 Å². The quantitative estimate of drug-likeness (QED) is 0.649. The molecule has 0 aliphatic carbocycles. The van der Waals surface area contributed by atoms with Crippen molar-refractivity contribution in [2.75, 3.05) is 7.11 Å². The van der Waals surface area contributed by atoms with Crippen molar-refractivity contribution in [3.05, 3.63) is 40.6 Å². The smallest absolute Gasteiger partial charge is 0.342 e. The molecule has 1 aromatic carbocycles. The van der Waals surface area contributed by atoms with Crippen LogP contribution in [-0.4, -0.2) is 33.4 Å². The molecule has 6 nitrogen and oxygen atoms in total. The average molecular weight is 291 g/mol. The highest BCUT2D eigenvalue weighted by molar-refractivity contribution is 8.04. The Morgan fingerprint density at radius 2 is 2.20 bits per heavy atom. The number of hydrogen-bond donors (Lipinski definition) is 2. The van der Waals surface area contributed by atoms with Crippen molar-refractivity contribution in [2.45, 2.75) is 12.1 Å². The van der Waals surface area contributed by atoms with E-state index in [1.54, 1.807) is 26.2 Å². The molecule has 2 rings (SSSR count). The largest absolute Gasteiger partial charge is 0.496 e. The predicted octanol–water partition coefficient (Wildman–Crippen LogP) is 2.34. The summed E-state index contributed by atoms with van der Waals surface area (Å²) in [6, 6.07) is 7.19. The highest BCUT2D eigenvalue weighted by Gasteiger charge is 2.14. The summed E-state index contributed by atoms with van der Waals surface area (Å²) in [5, 5.41) is 16.2. The molecule has 0 bridgehead atoms. The minimum absolute atomic E-state index is 0.119. The molecule has 0 atom stereocenters. The van der Waals surface area contributed by atoms with Crippen LogP contribution in [0.2, 0.25) is 0 Å². The molecule has 0 saturated heterocycles. The molecule has 0 radical (unpaired) electrons. The number of aromatic nitrogens is 3. The Morgan fingerprint density at radius 3 is 2.80 bits per heavy atom. The number of aliphatic carboxylic acids is 1. The first-order valence-corrected chi connectivity index (χ1v) is 6.56. The highest BCUT2D eigenvalue weighted by atomic mass is 32.2. The number of aromatic amines is 1. The van der Waals surface area contributed by atoms with Crippen molar-refractivity contribution in [3.8, 4) is 5.75 Å². The monoisotopic (exact) mass is 291 g/mol. The van der Waals surface area contributed by atoms with E-state index in [1.807, 2.05) is 12.1 Å². The van der Waals surface area contributed by atoms with E-state index >= 15 is 0 Å². The van der Waals surface area contributed by atoms with Gasteiger partial charge >= 0.3 is 5.97 Å². The third-order valence-corrected chi connectivity index (χ3v) is 3.29. The Bertz CT molecular complexity index is 652.